The summed E-state index contributed by atoms with van der Waals surface area (Å²) in [7, 11) is -8.81. The smallest absolute Gasteiger partial charge is 0.748 e. The van der Waals surface area contributed by atoms with Crippen LogP contribution in [0.3, 0.4) is 0 Å². The number of oxazole rings is 1. The molecule has 0 bridgehead atoms. The summed E-state index contributed by atoms with van der Waals surface area (Å²) in [6.45, 7) is 2.43. The predicted molar refractivity (Wildman–Crippen MR) is 186 cm³/mol. The minimum atomic E-state index is -4.41. The first-order valence-electron chi connectivity index (χ1n) is 15.9. The second-order valence-electron chi connectivity index (χ2n) is 11.7. The Kier molecular flexibility index (Phi) is 12.1. The predicted octanol–water partition coefficient (Wildman–Crippen LogP) is 3.46. The van der Waals surface area contributed by atoms with E-state index >= 15 is 0 Å². The Balaban J connectivity index is 0.00000486. The molecule has 1 aromatic heterocycles. The van der Waals surface area contributed by atoms with Crippen LogP contribution in [0.2, 0.25) is 0 Å². The topological polar surface area (TPSA) is 144 Å². The van der Waals surface area contributed by atoms with Crippen LogP contribution < -0.4 is 43.8 Å². The van der Waals surface area contributed by atoms with Gasteiger partial charge in [0.1, 0.15) is 0 Å². The molecule has 0 saturated carbocycles. The Bertz CT molecular complexity index is 2250. The molecule has 5 aromatic rings. The molecule has 6 rings (SSSR count). The molecule has 13 heteroatoms. The first-order valence-corrected chi connectivity index (χ1v) is 19.1. The van der Waals surface area contributed by atoms with E-state index in [1.54, 1.807) is 0 Å². The normalized spacial score (nSPS) is 14.1. The Morgan fingerprint density at radius 2 is 1.38 bits per heavy atom. The van der Waals surface area contributed by atoms with E-state index in [-0.39, 0.29) is 55.5 Å². The number of aryl methyl sites for hydroxylation is 1. The fourth-order valence-corrected chi connectivity index (χ4v) is 6.83. The van der Waals surface area contributed by atoms with Crippen LogP contribution in [0.25, 0.3) is 39.4 Å². The molecule has 0 atom stereocenters. The number of hydrogen-bond donors (Lipinski definition) is 0. The maximum atomic E-state index is 11.4. The molecule has 0 aliphatic carbocycles. The van der Waals surface area contributed by atoms with Gasteiger partial charge in [0.15, 0.2) is 12.3 Å². The van der Waals surface area contributed by atoms with Crippen molar-refractivity contribution in [3.8, 4) is 28.0 Å². The number of aromatic nitrogens is 1. The van der Waals surface area contributed by atoms with Crippen LogP contribution in [-0.4, -0.2) is 44.0 Å². The van der Waals surface area contributed by atoms with Crippen molar-refractivity contribution < 1.29 is 69.2 Å². The molecule has 2 heterocycles. The van der Waals surface area contributed by atoms with Crippen molar-refractivity contribution in [1.82, 2.24) is 0 Å². The van der Waals surface area contributed by atoms with E-state index in [0.717, 1.165) is 39.0 Å². The summed E-state index contributed by atoms with van der Waals surface area (Å²) in [5, 5.41) is 0. The quantitative estimate of drug-likeness (QED) is 0.101. The first-order chi connectivity index (χ1) is 23.5. The summed E-state index contributed by atoms with van der Waals surface area (Å²) in [5.74, 6) is 0.497. The SMILES string of the molecule is CCC(=Cc1oc2ccc(-c3ccccc3)cc2[n+]1CCCS(=O)(=O)[O-])C=C1Oc2ccc(-c3ccccc3)cc2N1CCCS(=O)(=O)[O-].[Na+]. The fourth-order valence-electron chi connectivity index (χ4n) is 5.86. The zero-order chi connectivity index (χ0) is 34.6. The number of rotatable bonds is 13. The van der Waals surface area contributed by atoms with E-state index in [0.29, 0.717) is 29.5 Å². The van der Waals surface area contributed by atoms with Gasteiger partial charge in [-0.25, -0.2) is 16.8 Å². The Morgan fingerprint density at radius 3 is 2.00 bits per heavy atom. The summed E-state index contributed by atoms with van der Waals surface area (Å²) >= 11 is 0. The number of allylic oxidation sites excluding steroid dienone is 2. The number of benzene rings is 4. The van der Waals surface area contributed by atoms with Gasteiger partial charge in [-0.3, -0.25) is 0 Å². The number of anilines is 1. The van der Waals surface area contributed by atoms with Crippen molar-refractivity contribution >= 4 is 43.1 Å². The number of hydrogen-bond acceptors (Lipinski definition) is 9. The van der Waals surface area contributed by atoms with Crippen molar-refractivity contribution in [2.24, 2.45) is 0 Å². The monoisotopic (exact) mass is 722 g/mol. The third-order valence-corrected chi connectivity index (χ3v) is 9.83. The Hall–Kier alpha value is -3.75. The van der Waals surface area contributed by atoms with Gasteiger partial charge in [-0.2, -0.15) is 4.57 Å². The third kappa shape index (κ3) is 9.32. The molecule has 1 aliphatic rings. The molecule has 50 heavy (non-hydrogen) atoms. The fraction of sp³-hybridized carbons (Fsp3) is 0.216. The van der Waals surface area contributed by atoms with E-state index in [4.69, 9.17) is 9.15 Å². The molecule has 0 unspecified atom stereocenters. The average Bonchev–Trinajstić information content (AvgIpc) is 3.60. The van der Waals surface area contributed by atoms with Gasteiger partial charge in [0.05, 0.1) is 32.0 Å². The second kappa shape index (κ2) is 16.1. The number of fused-ring (bicyclic) bond motifs is 2. The van der Waals surface area contributed by atoms with Crippen LogP contribution in [0.4, 0.5) is 5.69 Å². The second-order valence-corrected chi connectivity index (χ2v) is 14.8. The van der Waals surface area contributed by atoms with Gasteiger partial charge in [0, 0.05) is 36.6 Å². The summed E-state index contributed by atoms with van der Waals surface area (Å²) in [6, 6.07) is 31.3. The molecule has 254 valence electrons. The molecular weight excluding hydrogens is 688 g/mol. The molecule has 0 spiro atoms. The van der Waals surface area contributed by atoms with E-state index in [9.17, 15) is 25.9 Å². The van der Waals surface area contributed by atoms with Crippen molar-refractivity contribution in [2.45, 2.75) is 32.7 Å². The van der Waals surface area contributed by atoms with E-state index in [1.807, 2.05) is 126 Å². The first kappa shape index (κ1) is 37.5. The molecule has 4 aromatic carbocycles. The van der Waals surface area contributed by atoms with Crippen molar-refractivity contribution in [1.29, 1.82) is 0 Å². The number of ether oxygens (including phenoxy) is 1. The molecular formula is C37H35N2NaO8S2. The maximum absolute atomic E-state index is 11.4. The Labute approximate surface area is 314 Å². The minimum absolute atomic E-state index is 0. The summed E-state index contributed by atoms with van der Waals surface area (Å²) in [4.78, 5) is 1.87. The molecule has 0 N–H and O–H groups in total. The molecule has 0 fully saturated rings. The molecule has 1 aliphatic heterocycles. The van der Waals surface area contributed by atoms with Crippen molar-refractivity contribution in [3.63, 3.8) is 0 Å². The molecule has 0 saturated heterocycles. The molecule has 10 nitrogen and oxygen atoms in total. The summed E-state index contributed by atoms with van der Waals surface area (Å²) in [5.41, 5.74) is 6.82. The van der Waals surface area contributed by atoms with Gasteiger partial charge >= 0.3 is 35.4 Å². The van der Waals surface area contributed by atoms with Gasteiger partial charge in [-0.1, -0.05) is 79.7 Å². The van der Waals surface area contributed by atoms with E-state index < -0.39 is 31.7 Å². The standard InChI is InChI=1S/C37H36N2O8S2.Na/c1-2-27(23-36-38(19-9-21-48(40,41)42)32-25-30(15-17-34(32)46-36)28-11-5-3-6-12-28)24-37-39(20-10-22-49(43,44)45)33-26-31(16-18-35(33)47-37)29-13-7-4-8-14-29;/h3-8,11-18,23-26H,2,9-10,19-22H2,1H3,(H-,40,41,42,43,44,45);/q;+1/p-1. The van der Waals surface area contributed by atoms with Gasteiger partial charge in [0.25, 0.3) is 5.52 Å². The maximum Gasteiger partial charge on any atom is 1.00 e. The van der Waals surface area contributed by atoms with Gasteiger partial charge < -0.3 is 23.2 Å². The number of nitrogens with zero attached hydrogens (tertiary/aromatic N) is 2. The van der Waals surface area contributed by atoms with Crippen LogP contribution in [0, 0.1) is 0 Å². The van der Waals surface area contributed by atoms with Crippen LogP contribution in [0.15, 0.2) is 119 Å². The van der Waals surface area contributed by atoms with Crippen LogP contribution in [0.5, 0.6) is 5.75 Å². The van der Waals surface area contributed by atoms with Crippen molar-refractivity contribution in [3.05, 3.63) is 120 Å². The van der Waals surface area contributed by atoms with Crippen LogP contribution in [0.1, 0.15) is 32.1 Å². The average molecular weight is 723 g/mol. The van der Waals surface area contributed by atoms with Gasteiger partial charge in [-0.15, -0.1) is 0 Å². The Morgan fingerprint density at radius 1 is 0.780 bits per heavy atom. The summed E-state index contributed by atoms with van der Waals surface area (Å²) < 4.78 is 83.1. The molecule has 0 amide bonds. The van der Waals surface area contributed by atoms with E-state index in [2.05, 4.69) is 0 Å². The van der Waals surface area contributed by atoms with Gasteiger partial charge in [0.2, 0.25) is 11.5 Å². The van der Waals surface area contributed by atoms with E-state index in [1.165, 1.54) is 0 Å². The third-order valence-electron chi connectivity index (χ3n) is 8.25. The molecule has 0 radical (unpaired) electrons. The zero-order valence-corrected chi connectivity index (χ0v) is 31.5. The van der Waals surface area contributed by atoms with Crippen molar-refractivity contribution in [2.75, 3.05) is 23.0 Å². The van der Waals surface area contributed by atoms with Crippen LogP contribution >= 0.6 is 0 Å². The zero-order valence-electron chi connectivity index (χ0n) is 27.8. The minimum Gasteiger partial charge on any atom is -0.748 e. The summed E-state index contributed by atoms with van der Waals surface area (Å²) in [6.07, 6.45) is 4.46. The van der Waals surface area contributed by atoms with Crippen LogP contribution in [-0.2, 0) is 26.8 Å². The largest absolute Gasteiger partial charge is 1.00 e. The van der Waals surface area contributed by atoms with Gasteiger partial charge in [-0.05, 0) is 58.9 Å².